The minimum absolute atomic E-state index is 0.0609. The molecule has 2 heterocycles. The zero-order valence-corrected chi connectivity index (χ0v) is 17.1. The van der Waals surface area contributed by atoms with Gasteiger partial charge in [-0.3, -0.25) is 9.48 Å². The Hall–Kier alpha value is -2.70. The fourth-order valence-electron chi connectivity index (χ4n) is 2.93. The Morgan fingerprint density at radius 2 is 1.96 bits per heavy atom. The number of amides is 1. The van der Waals surface area contributed by atoms with E-state index in [4.69, 9.17) is 16.6 Å². The van der Waals surface area contributed by atoms with Crippen LogP contribution in [-0.4, -0.2) is 20.7 Å². The largest absolute Gasteiger partial charge is 0.326 e. The van der Waals surface area contributed by atoms with Gasteiger partial charge < -0.3 is 5.32 Å². The molecule has 0 saturated heterocycles. The number of carbonyl (C=O) groups excluding carboxylic acids is 1. The van der Waals surface area contributed by atoms with E-state index in [2.05, 4.69) is 29.5 Å². The van der Waals surface area contributed by atoms with Crippen LogP contribution in [0.1, 0.15) is 17.7 Å². The normalized spacial score (nSPS) is 11.1. The van der Waals surface area contributed by atoms with Gasteiger partial charge in [-0.15, -0.1) is 11.3 Å². The van der Waals surface area contributed by atoms with Crippen LogP contribution in [0.3, 0.4) is 0 Å². The maximum atomic E-state index is 12.2. The monoisotopic (exact) mass is 410 g/mol. The molecule has 0 aliphatic rings. The van der Waals surface area contributed by atoms with Gasteiger partial charge in [0.05, 0.1) is 33.7 Å². The lowest BCUT2D eigenvalue weighted by atomic mass is 10.2. The smallest absolute Gasteiger partial charge is 0.226 e. The van der Waals surface area contributed by atoms with E-state index in [9.17, 15) is 4.79 Å². The van der Waals surface area contributed by atoms with E-state index in [1.807, 2.05) is 37.3 Å². The van der Waals surface area contributed by atoms with Gasteiger partial charge in [-0.1, -0.05) is 17.7 Å². The molecule has 0 atom stereocenters. The van der Waals surface area contributed by atoms with Crippen LogP contribution in [0.25, 0.3) is 20.8 Å². The predicted molar refractivity (Wildman–Crippen MR) is 115 cm³/mol. The standard InChI is InChI=1S/C21H19ClN4OS/c1-13-3-8-18-19(11-13)28-21(25-18)15-4-6-16(7-5-15)24-20(27)9-10-26-14(2)17(22)12-23-26/h3-8,11-12H,9-10H2,1-2H3,(H,24,27). The fraction of sp³-hybridized carbons (Fsp3) is 0.190. The van der Waals surface area contributed by atoms with Crippen molar-refractivity contribution in [1.82, 2.24) is 14.8 Å². The highest BCUT2D eigenvalue weighted by atomic mass is 35.5. The number of carbonyl (C=O) groups is 1. The minimum atomic E-state index is -0.0609. The average Bonchev–Trinajstić information content (AvgIpc) is 3.24. The summed E-state index contributed by atoms with van der Waals surface area (Å²) in [7, 11) is 0. The van der Waals surface area contributed by atoms with Gasteiger partial charge in [0.25, 0.3) is 0 Å². The van der Waals surface area contributed by atoms with E-state index >= 15 is 0 Å². The van der Waals surface area contributed by atoms with E-state index in [1.165, 1.54) is 10.3 Å². The summed E-state index contributed by atoms with van der Waals surface area (Å²) < 4.78 is 2.92. The molecule has 0 spiro atoms. The van der Waals surface area contributed by atoms with Crippen molar-refractivity contribution in [3.05, 3.63) is 64.9 Å². The third-order valence-corrected chi connectivity index (χ3v) is 5.99. The molecular formula is C21H19ClN4OS. The first kappa shape index (κ1) is 18.7. The number of hydrogen-bond acceptors (Lipinski definition) is 4. The number of rotatable bonds is 5. The van der Waals surface area contributed by atoms with Crippen LogP contribution in [-0.2, 0) is 11.3 Å². The van der Waals surface area contributed by atoms with Crippen LogP contribution in [0.2, 0.25) is 5.02 Å². The Bertz CT molecular complexity index is 1150. The molecular weight excluding hydrogens is 392 g/mol. The van der Waals surface area contributed by atoms with Gasteiger partial charge in [0, 0.05) is 17.7 Å². The number of benzene rings is 2. The maximum absolute atomic E-state index is 12.2. The third-order valence-electron chi connectivity index (χ3n) is 4.55. The molecule has 5 nitrogen and oxygen atoms in total. The molecule has 4 aromatic rings. The Morgan fingerprint density at radius 3 is 2.68 bits per heavy atom. The highest BCUT2D eigenvalue weighted by molar-refractivity contribution is 7.21. The number of thiazole rings is 1. The number of fused-ring (bicyclic) bond motifs is 1. The number of hydrogen-bond donors (Lipinski definition) is 1. The van der Waals surface area contributed by atoms with E-state index < -0.39 is 0 Å². The molecule has 0 fully saturated rings. The molecule has 2 aromatic heterocycles. The first-order valence-electron chi connectivity index (χ1n) is 8.95. The Morgan fingerprint density at radius 1 is 1.18 bits per heavy atom. The Kier molecular flexibility index (Phi) is 5.15. The van der Waals surface area contributed by atoms with Gasteiger partial charge in [0.1, 0.15) is 5.01 Å². The number of aryl methyl sites for hydroxylation is 2. The molecule has 0 aliphatic heterocycles. The molecule has 0 radical (unpaired) electrons. The van der Waals surface area contributed by atoms with Crippen molar-refractivity contribution in [3.8, 4) is 10.6 Å². The molecule has 7 heteroatoms. The van der Waals surface area contributed by atoms with Crippen molar-refractivity contribution in [1.29, 1.82) is 0 Å². The molecule has 1 N–H and O–H groups in total. The Balaban J connectivity index is 1.41. The summed E-state index contributed by atoms with van der Waals surface area (Å²) in [5.41, 5.74) is 4.91. The highest BCUT2D eigenvalue weighted by Gasteiger charge is 2.09. The first-order valence-corrected chi connectivity index (χ1v) is 10.1. The average molecular weight is 411 g/mol. The van der Waals surface area contributed by atoms with Gasteiger partial charge in [-0.25, -0.2) is 4.98 Å². The quantitative estimate of drug-likeness (QED) is 0.475. The zero-order valence-electron chi connectivity index (χ0n) is 15.6. The predicted octanol–water partition coefficient (Wildman–Crippen LogP) is 5.46. The summed E-state index contributed by atoms with van der Waals surface area (Å²) in [5.74, 6) is -0.0609. The molecule has 0 aliphatic carbocycles. The molecule has 1 amide bonds. The topological polar surface area (TPSA) is 59.8 Å². The van der Waals surface area contributed by atoms with Crippen LogP contribution in [0.15, 0.2) is 48.7 Å². The summed E-state index contributed by atoms with van der Waals surface area (Å²) in [5, 5.41) is 8.67. The van der Waals surface area contributed by atoms with Crippen LogP contribution < -0.4 is 5.32 Å². The molecule has 0 saturated carbocycles. The highest BCUT2D eigenvalue weighted by Crippen LogP contribution is 2.31. The molecule has 0 bridgehead atoms. The fourth-order valence-corrected chi connectivity index (χ4v) is 4.14. The lowest BCUT2D eigenvalue weighted by molar-refractivity contribution is -0.116. The van der Waals surface area contributed by atoms with Crippen LogP contribution in [0.4, 0.5) is 5.69 Å². The van der Waals surface area contributed by atoms with Crippen molar-refractivity contribution in [2.24, 2.45) is 0 Å². The second-order valence-corrected chi connectivity index (χ2v) is 8.10. The first-order chi connectivity index (χ1) is 13.5. The van der Waals surface area contributed by atoms with Gasteiger partial charge in [-0.05, 0) is 55.8 Å². The summed E-state index contributed by atoms with van der Waals surface area (Å²) in [6, 6.07) is 14.0. The molecule has 2 aromatic carbocycles. The number of halogens is 1. The Labute approximate surface area is 172 Å². The van der Waals surface area contributed by atoms with Crippen LogP contribution in [0, 0.1) is 13.8 Å². The van der Waals surface area contributed by atoms with Crippen molar-refractivity contribution in [2.45, 2.75) is 26.8 Å². The maximum Gasteiger partial charge on any atom is 0.226 e. The minimum Gasteiger partial charge on any atom is -0.326 e. The number of nitrogens with zero attached hydrogens (tertiary/aromatic N) is 3. The zero-order chi connectivity index (χ0) is 19.7. The van der Waals surface area contributed by atoms with E-state index in [0.29, 0.717) is 18.0 Å². The molecule has 28 heavy (non-hydrogen) atoms. The summed E-state index contributed by atoms with van der Waals surface area (Å²) in [4.78, 5) is 16.9. The second kappa shape index (κ2) is 7.73. The number of aromatic nitrogens is 3. The lowest BCUT2D eigenvalue weighted by Crippen LogP contribution is -2.15. The van der Waals surface area contributed by atoms with Crippen LogP contribution >= 0.6 is 22.9 Å². The molecule has 4 rings (SSSR count). The van der Waals surface area contributed by atoms with Gasteiger partial charge >= 0.3 is 0 Å². The third kappa shape index (κ3) is 3.93. The van der Waals surface area contributed by atoms with Crippen molar-refractivity contribution < 1.29 is 4.79 Å². The summed E-state index contributed by atoms with van der Waals surface area (Å²) in [6.07, 6.45) is 1.93. The van der Waals surface area contributed by atoms with Gasteiger partial charge in [0.2, 0.25) is 5.91 Å². The summed E-state index contributed by atoms with van der Waals surface area (Å²) in [6.45, 7) is 4.46. The van der Waals surface area contributed by atoms with Gasteiger partial charge in [-0.2, -0.15) is 5.10 Å². The van der Waals surface area contributed by atoms with Crippen molar-refractivity contribution in [3.63, 3.8) is 0 Å². The number of nitrogens with one attached hydrogen (secondary N) is 1. The van der Waals surface area contributed by atoms with Gasteiger partial charge in [0.15, 0.2) is 0 Å². The van der Waals surface area contributed by atoms with Crippen LogP contribution in [0.5, 0.6) is 0 Å². The summed E-state index contributed by atoms with van der Waals surface area (Å²) >= 11 is 7.66. The van der Waals surface area contributed by atoms with E-state index in [1.54, 1.807) is 22.2 Å². The molecule has 142 valence electrons. The van der Waals surface area contributed by atoms with Crippen molar-refractivity contribution in [2.75, 3.05) is 5.32 Å². The van der Waals surface area contributed by atoms with E-state index in [-0.39, 0.29) is 5.91 Å². The SMILES string of the molecule is Cc1ccc2nc(-c3ccc(NC(=O)CCn4ncc(Cl)c4C)cc3)sc2c1. The second-order valence-electron chi connectivity index (χ2n) is 6.67. The van der Waals surface area contributed by atoms with E-state index in [0.717, 1.165) is 27.5 Å². The van der Waals surface area contributed by atoms with Crippen molar-refractivity contribution >= 4 is 44.7 Å². The lowest BCUT2D eigenvalue weighted by Gasteiger charge is -2.07. The number of anilines is 1. The molecule has 0 unspecified atom stereocenters.